The summed E-state index contributed by atoms with van der Waals surface area (Å²) in [6.07, 6.45) is 0.145. The largest absolute Gasteiger partial charge is 0.480 e. The topological polar surface area (TPSA) is 105 Å². The number of hydrogen-bond acceptors (Lipinski definition) is 5. The van der Waals surface area contributed by atoms with Gasteiger partial charge >= 0.3 is 12.1 Å². The maximum Gasteiger partial charge on any atom is 0.407 e. The fraction of sp³-hybridized carbons (Fsp3) is 0.769. The van der Waals surface area contributed by atoms with Crippen molar-refractivity contribution in [1.82, 2.24) is 10.6 Å². The monoisotopic (exact) mass is 286 g/mol. The molecule has 0 spiro atoms. The van der Waals surface area contributed by atoms with Crippen LogP contribution >= 0.6 is 0 Å². The van der Waals surface area contributed by atoms with E-state index >= 15 is 0 Å². The molecular weight excluding hydrogens is 264 g/mol. The van der Waals surface area contributed by atoms with E-state index in [1.165, 1.54) is 7.11 Å². The summed E-state index contributed by atoms with van der Waals surface area (Å²) in [5.41, 5.74) is -1.09. The lowest BCUT2D eigenvalue weighted by Gasteiger charge is -2.25. The van der Waals surface area contributed by atoms with Crippen LogP contribution in [0.1, 0.15) is 33.6 Å². The first kappa shape index (κ1) is 16.4. The number of ketones is 1. The Bertz CT molecular complexity index is 410. The zero-order valence-corrected chi connectivity index (χ0v) is 12.2. The second-order valence-corrected chi connectivity index (χ2v) is 5.63. The smallest absolute Gasteiger partial charge is 0.407 e. The highest BCUT2D eigenvalue weighted by atomic mass is 16.5. The molecule has 1 heterocycles. The van der Waals surface area contributed by atoms with E-state index in [-0.39, 0.29) is 11.7 Å². The molecule has 1 amide bonds. The molecule has 3 atom stereocenters. The van der Waals surface area contributed by atoms with Gasteiger partial charge in [-0.25, -0.2) is 4.79 Å². The summed E-state index contributed by atoms with van der Waals surface area (Å²) in [5.74, 6) is -1.30. The third kappa shape index (κ3) is 3.47. The second-order valence-electron chi connectivity index (χ2n) is 5.63. The number of carboxylic acids is 1. The third-order valence-electron chi connectivity index (χ3n) is 3.67. The predicted molar refractivity (Wildman–Crippen MR) is 71.4 cm³/mol. The molecule has 0 bridgehead atoms. The molecular formula is C13H22N2O5. The Morgan fingerprint density at radius 1 is 1.40 bits per heavy atom. The molecule has 1 rings (SSSR count). The number of amides is 1. The van der Waals surface area contributed by atoms with Gasteiger partial charge in [-0.3, -0.25) is 14.9 Å². The molecule has 0 saturated carbocycles. The summed E-state index contributed by atoms with van der Waals surface area (Å²) in [6.45, 7) is 5.18. The first-order valence-electron chi connectivity index (χ1n) is 6.60. The van der Waals surface area contributed by atoms with Gasteiger partial charge in [0, 0.05) is 0 Å². The van der Waals surface area contributed by atoms with Crippen LogP contribution in [0.2, 0.25) is 0 Å². The Kier molecular flexibility index (Phi) is 5.10. The number of carboxylic acid groups (broad SMARTS) is 1. The highest BCUT2D eigenvalue weighted by Gasteiger charge is 2.45. The average Bonchev–Trinajstić information content (AvgIpc) is 2.78. The van der Waals surface area contributed by atoms with Gasteiger partial charge in [-0.05, 0) is 25.7 Å². The predicted octanol–water partition coefficient (Wildman–Crippen LogP) is 0.531. The molecule has 0 aromatic heterocycles. The molecule has 0 aliphatic carbocycles. The zero-order chi connectivity index (χ0) is 15.5. The number of carbonyl (C=O) groups excluding carboxylic acids is 2. The fourth-order valence-corrected chi connectivity index (χ4v) is 2.31. The van der Waals surface area contributed by atoms with Gasteiger partial charge in [0.25, 0.3) is 0 Å². The van der Waals surface area contributed by atoms with Crippen LogP contribution < -0.4 is 10.6 Å². The van der Waals surface area contributed by atoms with Gasteiger partial charge in [0.1, 0.15) is 5.54 Å². The van der Waals surface area contributed by atoms with Gasteiger partial charge in [0.15, 0.2) is 5.78 Å². The minimum Gasteiger partial charge on any atom is -0.480 e. The number of alkyl carbamates (subject to hydrolysis) is 1. The van der Waals surface area contributed by atoms with Crippen LogP contribution in [-0.2, 0) is 14.3 Å². The minimum absolute atomic E-state index is 0.111. The van der Waals surface area contributed by atoms with Crippen molar-refractivity contribution in [3.05, 3.63) is 0 Å². The van der Waals surface area contributed by atoms with E-state index in [9.17, 15) is 14.4 Å². The van der Waals surface area contributed by atoms with Gasteiger partial charge in [-0.15, -0.1) is 0 Å². The first-order valence-corrected chi connectivity index (χ1v) is 6.60. The third-order valence-corrected chi connectivity index (χ3v) is 3.67. The second kappa shape index (κ2) is 6.21. The van der Waals surface area contributed by atoms with Crippen molar-refractivity contribution < 1.29 is 24.2 Å². The summed E-state index contributed by atoms with van der Waals surface area (Å²) in [7, 11) is 1.23. The number of aliphatic carboxylic acids is 1. The maximum atomic E-state index is 12.4. The highest BCUT2D eigenvalue weighted by Crippen LogP contribution is 2.25. The number of Topliss-reactive ketones (excluding diaryl/α,β-unsaturated/α-hetero) is 1. The number of hydrogen-bond donors (Lipinski definition) is 3. The molecule has 1 aliphatic rings. The van der Waals surface area contributed by atoms with Crippen molar-refractivity contribution in [3.63, 3.8) is 0 Å². The zero-order valence-electron chi connectivity index (χ0n) is 12.2. The van der Waals surface area contributed by atoms with Crippen LogP contribution in [0, 0.1) is 5.92 Å². The maximum absolute atomic E-state index is 12.4. The lowest BCUT2D eigenvalue weighted by molar-refractivity contribution is -0.143. The van der Waals surface area contributed by atoms with Crippen LogP contribution in [0.25, 0.3) is 0 Å². The van der Waals surface area contributed by atoms with Crippen LogP contribution in [0.4, 0.5) is 4.79 Å². The van der Waals surface area contributed by atoms with Crippen molar-refractivity contribution in [2.75, 3.05) is 7.11 Å². The standard InChI is InChI=1S/C13H22N2O5/c1-7(2)9(14-12(19)20-4)10(16)8-5-6-13(3,15-8)11(17)18/h7-9,15H,5-6H2,1-4H3,(H,14,19)(H,17,18)/t8?,9-,13?/m0/s1. The average molecular weight is 286 g/mol. The van der Waals surface area contributed by atoms with Gasteiger partial charge in [0.2, 0.25) is 0 Å². The number of rotatable bonds is 5. The number of nitrogens with one attached hydrogen (secondary N) is 2. The summed E-state index contributed by atoms with van der Waals surface area (Å²) in [6, 6.07) is -1.27. The number of methoxy groups -OCH3 is 1. The summed E-state index contributed by atoms with van der Waals surface area (Å²) < 4.78 is 4.51. The quantitative estimate of drug-likeness (QED) is 0.681. The van der Waals surface area contributed by atoms with Gasteiger partial charge in [0.05, 0.1) is 19.2 Å². The number of ether oxygens (including phenoxy) is 1. The SMILES string of the molecule is COC(=O)N[C@H](C(=O)C1CCC(C)(C(=O)O)N1)C(C)C. The molecule has 2 unspecified atom stereocenters. The van der Waals surface area contributed by atoms with E-state index in [2.05, 4.69) is 15.4 Å². The molecule has 20 heavy (non-hydrogen) atoms. The van der Waals surface area contributed by atoms with Crippen LogP contribution in [0.15, 0.2) is 0 Å². The molecule has 7 nitrogen and oxygen atoms in total. The van der Waals surface area contributed by atoms with E-state index in [1.54, 1.807) is 6.92 Å². The Labute approximate surface area is 118 Å². The molecule has 3 N–H and O–H groups in total. The summed E-state index contributed by atoms with van der Waals surface area (Å²) in [4.78, 5) is 34.9. The highest BCUT2D eigenvalue weighted by molar-refractivity contribution is 5.93. The molecule has 0 aromatic carbocycles. The summed E-state index contributed by atoms with van der Waals surface area (Å²) in [5, 5.41) is 14.5. The molecule has 1 fully saturated rings. The molecule has 0 radical (unpaired) electrons. The lowest BCUT2D eigenvalue weighted by Crippen LogP contribution is -2.55. The van der Waals surface area contributed by atoms with E-state index in [0.29, 0.717) is 12.8 Å². The van der Waals surface area contributed by atoms with E-state index in [0.717, 1.165) is 0 Å². The van der Waals surface area contributed by atoms with Crippen LogP contribution in [0.5, 0.6) is 0 Å². The minimum atomic E-state index is -1.09. The summed E-state index contributed by atoms with van der Waals surface area (Å²) >= 11 is 0. The van der Waals surface area contributed by atoms with Gasteiger partial charge in [-0.1, -0.05) is 13.8 Å². The van der Waals surface area contributed by atoms with Gasteiger partial charge in [-0.2, -0.15) is 0 Å². The Morgan fingerprint density at radius 3 is 2.40 bits per heavy atom. The fourth-order valence-electron chi connectivity index (χ4n) is 2.31. The molecule has 114 valence electrons. The van der Waals surface area contributed by atoms with Crippen molar-refractivity contribution >= 4 is 17.8 Å². The van der Waals surface area contributed by atoms with Crippen molar-refractivity contribution in [3.8, 4) is 0 Å². The Morgan fingerprint density at radius 2 is 2.00 bits per heavy atom. The van der Waals surface area contributed by atoms with E-state index < -0.39 is 29.7 Å². The molecule has 0 aromatic rings. The van der Waals surface area contributed by atoms with Crippen molar-refractivity contribution in [1.29, 1.82) is 0 Å². The Hall–Kier alpha value is -1.63. The normalized spacial score (nSPS) is 27.1. The molecule has 1 aliphatic heterocycles. The van der Waals surface area contributed by atoms with Crippen LogP contribution in [0.3, 0.4) is 0 Å². The first-order chi connectivity index (χ1) is 9.21. The lowest BCUT2D eigenvalue weighted by atomic mass is 9.94. The van der Waals surface area contributed by atoms with Crippen LogP contribution in [-0.4, -0.2) is 47.7 Å². The van der Waals surface area contributed by atoms with Crippen molar-refractivity contribution in [2.24, 2.45) is 5.92 Å². The molecule has 1 saturated heterocycles. The number of carbonyl (C=O) groups is 3. The molecule has 7 heteroatoms. The van der Waals surface area contributed by atoms with Gasteiger partial charge < -0.3 is 15.2 Å². The van der Waals surface area contributed by atoms with E-state index in [4.69, 9.17) is 5.11 Å². The Balaban J connectivity index is 2.77. The van der Waals surface area contributed by atoms with Crippen molar-refractivity contribution in [2.45, 2.75) is 51.2 Å². The van der Waals surface area contributed by atoms with E-state index in [1.807, 2.05) is 13.8 Å².